The number of amides is 1. The first-order chi connectivity index (χ1) is 7.69. The zero-order valence-electron chi connectivity index (χ0n) is 9.28. The van der Waals surface area contributed by atoms with E-state index in [0.29, 0.717) is 13.0 Å². The minimum absolute atomic E-state index is 0.281. The van der Waals surface area contributed by atoms with Gasteiger partial charge in [0.05, 0.1) is 6.42 Å². The second-order valence-electron chi connectivity index (χ2n) is 4.25. The molecule has 1 aromatic carbocycles. The van der Waals surface area contributed by atoms with Crippen molar-refractivity contribution in [1.82, 2.24) is 4.90 Å². The molecule has 0 aliphatic carbocycles. The number of fused-ring (bicyclic) bond motifs is 1. The van der Waals surface area contributed by atoms with Crippen LogP contribution in [-0.4, -0.2) is 23.9 Å². The van der Waals surface area contributed by atoms with Crippen LogP contribution < -0.4 is 11.5 Å². The minimum Gasteiger partial charge on any atom is -0.369 e. The van der Waals surface area contributed by atoms with Crippen LogP contribution in [0.3, 0.4) is 0 Å². The highest BCUT2D eigenvalue weighted by Crippen LogP contribution is 2.23. The topological polar surface area (TPSA) is 72.3 Å². The predicted molar refractivity (Wildman–Crippen MR) is 62.5 cm³/mol. The molecule has 2 rings (SSSR count). The lowest BCUT2D eigenvalue weighted by Gasteiger charge is -2.11. The largest absolute Gasteiger partial charge is 0.369 e. The zero-order chi connectivity index (χ0) is 11.5. The number of rotatable bonds is 4. The summed E-state index contributed by atoms with van der Waals surface area (Å²) in [5, 5.41) is 0. The lowest BCUT2D eigenvalue weighted by Crippen LogP contribution is -2.24. The van der Waals surface area contributed by atoms with Gasteiger partial charge in [0.2, 0.25) is 5.91 Å². The maximum atomic E-state index is 10.8. The predicted octanol–water partition coefficient (Wildman–Crippen LogP) is -0.0113. The second kappa shape index (κ2) is 4.63. The van der Waals surface area contributed by atoms with Crippen LogP contribution in [0.2, 0.25) is 0 Å². The standard InChI is InChI=1S/C12H17N3O/c13-3-4-15-7-10-2-1-9(6-12(14)16)5-11(10)8-15/h1-2,5H,3-4,6-8,13H2,(H2,14,16). The summed E-state index contributed by atoms with van der Waals surface area (Å²) in [6, 6.07) is 6.15. The molecule has 0 saturated heterocycles. The summed E-state index contributed by atoms with van der Waals surface area (Å²) in [6.07, 6.45) is 0.324. The smallest absolute Gasteiger partial charge is 0.221 e. The third-order valence-corrected chi connectivity index (χ3v) is 2.88. The lowest BCUT2D eigenvalue weighted by molar-refractivity contribution is -0.117. The highest BCUT2D eigenvalue weighted by molar-refractivity contribution is 5.76. The molecule has 0 unspecified atom stereocenters. The molecular weight excluding hydrogens is 202 g/mol. The van der Waals surface area contributed by atoms with Gasteiger partial charge in [-0.15, -0.1) is 0 Å². The van der Waals surface area contributed by atoms with Gasteiger partial charge in [0.25, 0.3) is 0 Å². The van der Waals surface area contributed by atoms with Crippen LogP contribution in [0.4, 0.5) is 0 Å². The molecule has 1 aromatic rings. The molecule has 1 amide bonds. The number of nitrogens with two attached hydrogens (primary N) is 2. The highest BCUT2D eigenvalue weighted by Gasteiger charge is 2.18. The van der Waals surface area contributed by atoms with Crippen LogP contribution >= 0.6 is 0 Å². The van der Waals surface area contributed by atoms with E-state index < -0.39 is 0 Å². The fourth-order valence-corrected chi connectivity index (χ4v) is 2.17. The third-order valence-electron chi connectivity index (χ3n) is 2.88. The van der Waals surface area contributed by atoms with Crippen molar-refractivity contribution in [3.63, 3.8) is 0 Å². The van der Waals surface area contributed by atoms with Gasteiger partial charge < -0.3 is 11.5 Å². The van der Waals surface area contributed by atoms with Gasteiger partial charge in [-0.1, -0.05) is 18.2 Å². The van der Waals surface area contributed by atoms with Gasteiger partial charge in [-0.25, -0.2) is 0 Å². The van der Waals surface area contributed by atoms with Gasteiger partial charge in [0, 0.05) is 26.2 Å². The van der Waals surface area contributed by atoms with Gasteiger partial charge in [-0.2, -0.15) is 0 Å². The quantitative estimate of drug-likeness (QED) is 0.748. The highest BCUT2D eigenvalue weighted by atomic mass is 16.1. The third kappa shape index (κ3) is 2.40. The minimum atomic E-state index is -0.281. The van der Waals surface area contributed by atoms with Crippen molar-refractivity contribution in [2.24, 2.45) is 11.5 Å². The molecule has 1 heterocycles. The van der Waals surface area contributed by atoms with Crippen molar-refractivity contribution in [2.75, 3.05) is 13.1 Å². The molecule has 0 fully saturated rings. The van der Waals surface area contributed by atoms with Crippen molar-refractivity contribution in [1.29, 1.82) is 0 Å². The molecule has 4 nitrogen and oxygen atoms in total. The number of hydrogen-bond acceptors (Lipinski definition) is 3. The molecule has 4 N–H and O–H groups in total. The maximum Gasteiger partial charge on any atom is 0.221 e. The first-order valence-electron chi connectivity index (χ1n) is 5.50. The summed E-state index contributed by atoms with van der Waals surface area (Å²) in [5.74, 6) is -0.281. The maximum absolute atomic E-state index is 10.8. The number of hydrogen-bond donors (Lipinski definition) is 2. The molecule has 0 spiro atoms. The Balaban J connectivity index is 2.11. The Kier molecular flexibility index (Phi) is 3.22. The molecule has 4 heteroatoms. The van der Waals surface area contributed by atoms with E-state index in [4.69, 9.17) is 11.5 Å². The summed E-state index contributed by atoms with van der Waals surface area (Å²) >= 11 is 0. The van der Waals surface area contributed by atoms with Crippen LogP contribution in [-0.2, 0) is 24.3 Å². The van der Waals surface area contributed by atoms with Gasteiger partial charge >= 0.3 is 0 Å². The van der Waals surface area contributed by atoms with E-state index in [2.05, 4.69) is 17.0 Å². The summed E-state index contributed by atoms with van der Waals surface area (Å²) in [6.45, 7) is 3.49. The van der Waals surface area contributed by atoms with Crippen molar-refractivity contribution in [3.8, 4) is 0 Å². The fourth-order valence-electron chi connectivity index (χ4n) is 2.17. The molecule has 0 atom stereocenters. The molecule has 16 heavy (non-hydrogen) atoms. The Morgan fingerprint density at radius 1 is 1.31 bits per heavy atom. The van der Waals surface area contributed by atoms with E-state index in [-0.39, 0.29) is 5.91 Å². The van der Waals surface area contributed by atoms with Crippen molar-refractivity contribution >= 4 is 5.91 Å². The van der Waals surface area contributed by atoms with Gasteiger partial charge in [-0.3, -0.25) is 9.69 Å². The summed E-state index contributed by atoms with van der Waals surface area (Å²) < 4.78 is 0. The van der Waals surface area contributed by atoms with Crippen molar-refractivity contribution < 1.29 is 4.79 Å². The van der Waals surface area contributed by atoms with Crippen molar-refractivity contribution in [2.45, 2.75) is 19.5 Å². The van der Waals surface area contributed by atoms with Crippen LogP contribution in [0.15, 0.2) is 18.2 Å². The normalized spacial score (nSPS) is 15.1. The van der Waals surface area contributed by atoms with Gasteiger partial charge in [-0.05, 0) is 16.7 Å². The fraction of sp³-hybridized carbons (Fsp3) is 0.417. The van der Waals surface area contributed by atoms with E-state index in [1.807, 2.05) is 6.07 Å². The summed E-state index contributed by atoms with van der Waals surface area (Å²) in [5.41, 5.74) is 14.3. The van der Waals surface area contributed by atoms with Crippen LogP contribution in [0.25, 0.3) is 0 Å². The number of nitrogens with zero attached hydrogens (tertiary/aromatic N) is 1. The van der Waals surface area contributed by atoms with Crippen LogP contribution in [0.5, 0.6) is 0 Å². The van der Waals surface area contributed by atoms with Gasteiger partial charge in [0.15, 0.2) is 0 Å². The Morgan fingerprint density at radius 3 is 2.75 bits per heavy atom. The number of carbonyl (C=O) groups is 1. The summed E-state index contributed by atoms with van der Waals surface area (Å²) in [4.78, 5) is 13.1. The van der Waals surface area contributed by atoms with Crippen LogP contribution in [0.1, 0.15) is 16.7 Å². The second-order valence-corrected chi connectivity index (χ2v) is 4.25. The first-order valence-corrected chi connectivity index (χ1v) is 5.50. The first kappa shape index (κ1) is 11.1. The number of carbonyl (C=O) groups excluding carboxylic acids is 1. The molecule has 1 aliphatic heterocycles. The molecule has 0 aromatic heterocycles. The molecule has 86 valence electrons. The monoisotopic (exact) mass is 219 g/mol. The zero-order valence-corrected chi connectivity index (χ0v) is 9.28. The average molecular weight is 219 g/mol. The molecule has 0 bridgehead atoms. The number of primary amides is 1. The van der Waals surface area contributed by atoms with Crippen LogP contribution in [0, 0.1) is 0 Å². The average Bonchev–Trinajstić information content (AvgIpc) is 2.59. The van der Waals surface area contributed by atoms with Crippen molar-refractivity contribution in [3.05, 3.63) is 34.9 Å². The molecule has 0 radical (unpaired) electrons. The molecule has 1 aliphatic rings. The Hall–Kier alpha value is -1.39. The summed E-state index contributed by atoms with van der Waals surface area (Å²) in [7, 11) is 0. The SMILES string of the molecule is NCCN1Cc2ccc(CC(N)=O)cc2C1. The molecular formula is C12H17N3O. The van der Waals surface area contributed by atoms with E-state index in [9.17, 15) is 4.79 Å². The Labute approximate surface area is 95.2 Å². The number of benzene rings is 1. The van der Waals surface area contributed by atoms with E-state index >= 15 is 0 Å². The van der Waals surface area contributed by atoms with E-state index in [1.165, 1.54) is 11.1 Å². The Bertz CT molecular complexity index is 403. The van der Waals surface area contributed by atoms with Gasteiger partial charge in [0.1, 0.15) is 0 Å². The lowest BCUT2D eigenvalue weighted by atomic mass is 10.0. The Morgan fingerprint density at radius 2 is 2.06 bits per heavy atom. The van der Waals surface area contributed by atoms with E-state index in [1.54, 1.807) is 0 Å². The molecule has 0 saturated carbocycles. The van der Waals surface area contributed by atoms with E-state index in [0.717, 1.165) is 25.2 Å².